The van der Waals surface area contributed by atoms with Crippen LogP contribution in [0.1, 0.15) is 155 Å². The van der Waals surface area contributed by atoms with Crippen molar-refractivity contribution in [3.8, 4) is 33.6 Å². The van der Waals surface area contributed by atoms with Crippen LogP contribution in [-0.4, -0.2) is 112 Å². The Kier molecular flexibility index (Phi) is 11.4. The van der Waals surface area contributed by atoms with Crippen molar-refractivity contribution in [1.82, 2.24) is 40.4 Å². The van der Waals surface area contributed by atoms with Crippen LogP contribution < -0.4 is 10.6 Å². The molecular formula is C52H64N8O8. The summed E-state index contributed by atoms with van der Waals surface area (Å²) in [5.41, 5.74) is 12.8. The molecule has 4 N–H and O–H groups in total. The first-order valence-corrected chi connectivity index (χ1v) is 24.9. The van der Waals surface area contributed by atoms with E-state index in [0.29, 0.717) is 55.7 Å². The highest BCUT2D eigenvalue weighted by Crippen LogP contribution is 2.62. The van der Waals surface area contributed by atoms with Crippen LogP contribution in [0.15, 0.2) is 36.7 Å². The van der Waals surface area contributed by atoms with Crippen molar-refractivity contribution in [3.63, 3.8) is 0 Å². The van der Waals surface area contributed by atoms with Crippen molar-refractivity contribution >= 4 is 24.0 Å². The number of nitrogens with one attached hydrogen (secondary N) is 4. The molecule has 16 nitrogen and oxygen atoms in total. The van der Waals surface area contributed by atoms with Crippen molar-refractivity contribution in [3.05, 3.63) is 70.6 Å². The van der Waals surface area contributed by atoms with E-state index in [1.165, 1.54) is 78.0 Å². The lowest BCUT2D eigenvalue weighted by atomic mass is 9.78. The number of alkyl carbamates (subject to hydrolysis) is 2. The number of H-pyrrole nitrogens is 2. The van der Waals surface area contributed by atoms with Gasteiger partial charge >= 0.3 is 12.2 Å². The molecule has 8 atom stereocenters. The smallest absolute Gasteiger partial charge is 0.407 e. The highest BCUT2D eigenvalue weighted by atomic mass is 16.7. The first-order chi connectivity index (χ1) is 32.9. The van der Waals surface area contributed by atoms with Crippen LogP contribution in [-0.2, 0) is 28.5 Å². The number of carbonyl (C=O) groups is 4. The summed E-state index contributed by atoms with van der Waals surface area (Å²) in [6.07, 6.45) is 11.7. The lowest BCUT2D eigenvalue weighted by molar-refractivity contribution is -0.153. The zero-order valence-electron chi connectivity index (χ0n) is 40.0. The highest BCUT2D eigenvalue weighted by Gasteiger charge is 2.53. The topological polar surface area (TPSA) is 193 Å². The maximum Gasteiger partial charge on any atom is 0.407 e. The Hall–Kier alpha value is -5.74. The Morgan fingerprint density at radius 3 is 1.56 bits per heavy atom. The molecule has 3 saturated heterocycles. The standard InChI is InChI=1S/C52H64N8O8/c1-26(2)44(57-50(63)65-5)48(61)59-17-7-8-38(59)46-53-23-36(55-46)34-15-13-32(40-28-9-11-30(20-28)42(34)40)33-14-16-35(43-31-12-10-29(21-31)41(33)43)37-24-54-47(56-37)39-22-52(67-18-19-68-52)25-60(39)49(62)45(27(3)4)58-51(64)66-6/h13-16,23-24,26-31,38-39,44-45H,7-12,17-22,25H2,1-6H3,(H,53,55)(H,54,56)(H,57,63)(H,58,64)/t28?,29?,30?,31?,38-,39-,44-,45-/m0/s1. The number of hydrogen-bond acceptors (Lipinski definition) is 10. The molecule has 5 fully saturated rings. The lowest BCUT2D eigenvalue weighted by Gasteiger charge is -2.30. The fourth-order valence-corrected chi connectivity index (χ4v) is 13.4. The highest BCUT2D eigenvalue weighted by molar-refractivity contribution is 5.88. The van der Waals surface area contributed by atoms with Gasteiger partial charge in [-0.1, -0.05) is 52.0 Å². The van der Waals surface area contributed by atoms with E-state index in [2.05, 4.69) is 44.9 Å². The second-order valence-corrected chi connectivity index (χ2v) is 21.0. The maximum absolute atomic E-state index is 14.3. The van der Waals surface area contributed by atoms with Crippen molar-refractivity contribution in [2.75, 3.05) is 40.5 Å². The molecule has 2 aromatic heterocycles. The number of likely N-dealkylation sites (tertiary alicyclic amines) is 2. The van der Waals surface area contributed by atoms with Gasteiger partial charge in [0.2, 0.25) is 11.8 Å². The second kappa shape index (κ2) is 17.3. The Balaban J connectivity index is 0.913. The number of rotatable bonds is 11. The predicted molar refractivity (Wildman–Crippen MR) is 251 cm³/mol. The van der Waals surface area contributed by atoms with Crippen molar-refractivity contribution in [2.45, 2.75) is 139 Å². The molecule has 2 saturated carbocycles. The Morgan fingerprint density at radius 2 is 1.09 bits per heavy atom. The first-order valence-electron chi connectivity index (χ1n) is 24.9. The van der Waals surface area contributed by atoms with E-state index in [1.54, 1.807) is 4.90 Å². The second-order valence-electron chi connectivity index (χ2n) is 21.0. The summed E-state index contributed by atoms with van der Waals surface area (Å²) < 4.78 is 22.0. The van der Waals surface area contributed by atoms with E-state index in [4.69, 9.17) is 28.9 Å². The Labute approximate surface area is 397 Å². The molecule has 7 aliphatic rings. The van der Waals surface area contributed by atoms with E-state index in [1.807, 2.05) is 45.0 Å². The van der Waals surface area contributed by atoms with Crippen LogP contribution >= 0.6 is 0 Å². The average Bonchev–Trinajstić information content (AvgIpc) is 4.19. The third-order valence-corrected chi connectivity index (χ3v) is 16.5. The van der Waals surface area contributed by atoms with Crippen LogP contribution in [0.5, 0.6) is 0 Å². The molecule has 16 heteroatoms. The molecule has 11 rings (SSSR count). The van der Waals surface area contributed by atoms with Gasteiger partial charge in [0.05, 0.1) is 69.8 Å². The maximum atomic E-state index is 14.3. The molecule has 4 aromatic rings. The normalized spacial score (nSPS) is 25.9. The van der Waals surface area contributed by atoms with Crippen molar-refractivity contribution in [1.29, 1.82) is 0 Å². The number of amides is 4. The van der Waals surface area contributed by atoms with Crippen LogP contribution in [0.4, 0.5) is 9.59 Å². The quantitative estimate of drug-likeness (QED) is 0.114. The van der Waals surface area contributed by atoms with E-state index in [-0.39, 0.29) is 36.2 Å². The monoisotopic (exact) mass is 928 g/mol. The van der Waals surface area contributed by atoms with E-state index < -0.39 is 36.1 Å². The summed E-state index contributed by atoms with van der Waals surface area (Å²) >= 11 is 0. The summed E-state index contributed by atoms with van der Waals surface area (Å²) in [6, 6.07) is 7.15. The number of methoxy groups -OCH3 is 2. The number of benzene rings is 2. The first kappa shape index (κ1) is 44.7. The molecule has 5 heterocycles. The number of aromatic amines is 2. The largest absolute Gasteiger partial charge is 0.453 e. The minimum absolute atomic E-state index is 0.108. The summed E-state index contributed by atoms with van der Waals surface area (Å²) in [5.74, 6) is 1.80. The van der Waals surface area contributed by atoms with Gasteiger partial charge in [0.1, 0.15) is 23.7 Å². The molecule has 4 aliphatic carbocycles. The fraction of sp³-hybridized carbons (Fsp3) is 0.577. The molecule has 4 amide bonds. The number of fused-ring (bicyclic) bond motifs is 10. The van der Waals surface area contributed by atoms with Crippen LogP contribution in [0.3, 0.4) is 0 Å². The van der Waals surface area contributed by atoms with E-state index in [0.717, 1.165) is 49.3 Å². The zero-order chi connectivity index (χ0) is 47.2. The summed E-state index contributed by atoms with van der Waals surface area (Å²) in [6.45, 7) is 9.41. The molecule has 68 heavy (non-hydrogen) atoms. The van der Waals surface area contributed by atoms with Gasteiger partial charge in [0.15, 0.2) is 5.79 Å². The third-order valence-electron chi connectivity index (χ3n) is 16.5. The van der Waals surface area contributed by atoms with Gasteiger partial charge in [-0.3, -0.25) is 9.59 Å². The zero-order valence-corrected chi connectivity index (χ0v) is 40.0. The van der Waals surface area contributed by atoms with Gasteiger partial charge in [-0.2, -0.15) is 0 Å². The van der Waals surface area contributed by atoms with Crippen LogP contribution in [0.2, 0.25) is 0 Å². The Morgan fingerprint density at radius 1 is 0.647 bits per heavy atom. The SMILES string of the molecule is COC(=O)N[C@H](C(=O)N1CCC[C@H]1c1ncc(-c2ccc(-c3ccc(-c4cnc([C@@H]5CC6(CN5C(=O)[C@@H](NC(=O)OC)C(C)C)OCCO6)[nH]4)c4c3C3CCC4C3)c3c2C2CCC3C2)[nH]1)C(C)C. The van der Waals surface area contributed by atoms with Gasteiger partial charge in [0.25, 0.3) is 0 Å². The van der Waals surface area contributed by atoms with Crippen LogP contribution in [0.25, 0.3) is 33.6 Å². The van der Waals surface area contributed by atoms with Gasteiger partial charge in [-0.25, -0.2) is 19.6 Å². The molecule has 4 unspecified atom stereocenters. The van der Waals surface area contributed by atoms with Crippen molar-refractivity contribution < 1.29 is 38.1 Å². The number of aromatic nitrogens is 4. The Bertz CT molecular complexity index is 2650. The van der Waals surface area contributed by atoms with E-state index >= 15 is 0 Å². The molecule has 3 aliphatic heterocycles. The molecule has 1 spiro atoms. The minimum Gasteiger partial charge on any atom is -0.453 e. The summed E-state index contributed by atoms with van der Waals surface area (Å²) in [5, 5.41) is 5.52. The fourth-order valence-electron chi connectivity index (χ4n) is 13.4. The molecule has 2 aromatic carbocycles. The number of carbonyl (C=O) groups excluding carboxylic acids is 4. The van der Waals surface area contributed by atoms with Crippen molar-refractivity contribution in [2.24, 2.45) is 11.8 Å². The molecule has 4 bridgehead atoms. The van der Waals surface area contributed by atoms with Gasteiger partial charge in [-0.15, -0.1) is 0 Å². The summed E-state index contributed by atoms with van der Waals surface area (Å²) in [4.78, 5) is 73.7. The minimum atomic E-state index is -0.933. The number of nitrogens with zero attached hydrogens (tertiary/aromatic N) is 4. The van der Waals surface area contributed by atoms with E-state index in [9.17, 15) is 19.2 Å². The van der Waals surface area contributed by atoms with Gasteiger partial charge in [0, 0.05) is 24.1 Å². The predicted octanol–water partition coefficient (Wildman–Crippen LogP) is 8.30. The lowest BCUT2D eigenvalue weighted by Crippen LogP contribution is -2.52. The molecular weight excluding hydrogens is 865 g/mol. The number of imidazole rings is 2. The summed E-state index contributed by atoms with van der Waals surface area (Å²) in [7, 11) is 2.61. The van der Waals surface area contributed by atoms with Gasteiger partial charge in [-0.05, 0) is 120 Å². The molecule has 360 valence electrons. The number of hydrogen-bond donors (Lipinski definition) is 4. The third kappa shape index (κ3) is 7.39. The van der Waals surface area contributed by atoms with Gasteiger partial charge < -0.3 is 49.3 Å². The van der Waals surface area contributed by atoms with Crippen LogP contribution in [0, 0.1) is 11.8 Å². The average molecular weight is 929 g/mol. The molecule has 0 radical (unpaired) electrons. The number of ether oxygens (including phenoxy) is 4.